The van der Waals surface area contributed by atoms with Crippen molar-refractivity contribution in [1.82, 2.24) is 5.32 Å². The molecule has 0 bridgehead atoms. The van der Waals surface area contributed by atoms with Gasteiger partial charge in [0.15, 0.2) is 0 Å². The zero-order valence-corrected chi connectivity index (χ0v) is 14.2. The molecule has 0 unspecified atom stereocenters. The van der Waals surface area contributed by atoms with Crippen molar-refractivity contribution in [2.24, 2.45) is 5.41 Å². The van der Waals surface area contributed by atoms with Crippen LogP contribution in [0.3, 0.4) is 0 Å². The van der Waals surface area contributed by atoms with Crippen LogP contribution >= 0.6 is 0 Å². The van der Waals surface area contributed by atoms with Crippen molar-refractivity contribution in [1.29, 1.82) is 0 Å². The minimum atomic E-state index is -0.757. The van der Waals surface area contributed by atoms with E-state index >= 15 is 0 Å². The lowest BCUT2D eigenvalue weighted by molar-refractivity contribution is -0.151. The van der Waals surface area contributed by atoms with E-state index in [1.165, 1.54) is 44.9 Å². The Hall–Kier alpha value is -0.570. The predicted molar refractivity (Wildman–Crippen MR) is 86.1 cm³/mol. The maximum atomic E-state index is 11.3. The summed E-state index contributed by atoms with van der Waals surface area (Å²) in [5.74, 6) is -0.745. The minimum Gasteiger partial charge on any atom is -0.481 e. The molecule has 0 saturated heterocycles. The van der Waals surface area contributed by atoms with Crippen LogP contribution in [0.1, 0.15) is 86.0 Å². The van der Waals surface area contributed by atoms with Gasteiger partial charge in [-0.25, -0.2) is 0 Å². The van der Waals surface area contributed by atoms with Crippen molar-refractivity contribution in [3.63, 3.8) is 0 Å². The highest BCUT2D eigenvalue weighted by atomic mass is 16.4. The minimum absolute atomic E-state index is 0.389. The van der Waals surface area contributed by atoms with Gasteiger partial charge in [-0.1, -0.05) is 51.9 Å². The van der Waals surface area contributed by atoms with Gasteiger partial charge in [-0.05, 0) is 40.7 Å². The van der Waals surface area contributed by atoms with E-state index in [0.717, 1.165) is 13.0 Å². The number of aliphatic carboxylic acids is 1. The lowest BCUT2D eigenvalue weighted by Gasteiger charge is -2.39. The van der Waals surface area contributed by atoms with Crippen molar-refractivity contribution in [3.05, 3.63) is 0 Å². The molecule has 0 atom stereocenters. The topological polar surface area (TPSA) is 49.3 Å². The Labute approximate surface area is 125 Å². The monoisotopic (exact) mass is 285 g/mol. The average Bonchev–Trinajstić information content (AvgIpc) is 2.36. The van der Waals surface area contributed by atoms with E-state index in [2.05, 4.69) is 12.2 Å². The Kier molecular flexibility index (Phi) is 9.11. The molecule has 120 valence electrons. The maximum Gasteiger partial charge on any atom is 0.310 e. The molecule has 0 spiro atoms. The summed E-state index contributed by atoms with van der Waals surface area (Å²) in [7, 11) is 0. The highest BCUT2D eigenvalue weighted by Crippen LogP contribution is 2.30. The molecule has 2 N–H and O–H groups in total. The molecule has 3 nitrogen and oxygen atoms in total. The van der Waals surface area contributed by atoms with Gasteiger partial charge in [0.05, 0.1) is 5.41 Å². The van der Waals surface area contributed by atoms with Crippen LogP contribution in [0.4, 0.5) is 0 Å². The summed E-state index contributed by atoms with van der Waals surface area (Å²) in [4.78, 5) is 11.3. The molecule has 0 fully saturated rings. The fourth-order valence-electron chi connectivity index (χ4n) is 2.15. The number of rotatable bonds is 12. The molecule has 0 aromatic rings. The first-order valence-electron chi connectivity index (χ1n) is 8.24. The van der Waals surface area contributed by atoms with Gasteiger partial charge >= 0.3 is 5.97 Å². The normalized spacial score (nSPS) is 12.7. The van der Waals surface area contributed by atoms with Crippen LogP contribution < -0.4 is 5.32 Å². The van der Waals surface area contributed by atoms with Crippen molar-refractivity contribution in [2.45, 2.75) is 91.5 Å². The summed E-state index contributed by atoms with van der Waals surface area (Å²) >= 11 is 0. The summed E-state index contributed by atoms with van der Waals surface area (Å²) < 4.78 is 0. The number of carbonyl (C=O) groups is 1. The largest absolute Gasteiger partial charge is 0.481 e. The zero-order valence-electron chi connectivity index (χ0n) is 14.2. The van der Waals surface area contributed by atoms with Crippen molar-refractivity contribution >= 4 is 5.97 Å². The molecule has 0 aliphatic carbocycles. The van der Waals surface area contributed by atoms with Crippen LogP contribution in [0.15, 0.2) is 0 Å². The van der Waals surface area contributed by atoms with E-state index in [9.17, 15) is 9.90 Å². The fourth-order valence-corrected chi connectivity index (χ4v) is 2.15. The summed E-state index contributed by atoms with van der Waals surface area (Å²) in [6, 6.07) is 0. The van der Waals surface area contributed by atoms with E-state index in [0.29, 0.717) is 0 Å². The molecule has 0 radical (unpaired) electrons. The van der Waals surface area contributed by atoms with Gasteiger partial charge in [-0.15, -0.1) is 0 Å². The van der Waals surface area contributed by atoms with Gasteiger partial charge in [-0.2, -0.15) is 0 Å². The van der Waals surface area contributed by atoms with Gasteiger partial charge in [0.1, 0.15) is 0 Å². The third-order valence-electron chi connectivity index (χ3n) is 4.69. The molecular weight excluding hydrogens is 250 g/mol. The summed E-state index contributed by atoms with van der Waals surface area (Å²) in [5.41, 5.74) is -1.15. The second kappa shape index (κ2) is 9.38. The van der Waals surface area contributed by atoms with Crippen LogP contribution in [-0.4, -0.2) is 23.2 Å². The van der Waals surface area contributed by atoms with Gasteiger partial charge < -0.3 is 10.4 Å². The van der Waals surface area contributed by atoms with Gasteiger partial charge in [0, 0.05) is 5.54 Å². The first-order valence-corrected chi connectivity index (χ1v) is 8.24. The number of nitrogens with one attached hydrogen (secondary N) is 1. The highest BCUT2D eigenvalue weighted by molar-refractivity contribution is 5.75. The molecule has 0 aliphatic rings. The number of carboxylic acids is 1. The molecule has 0 heterocycles. The Morgan fingerprint density at radius 3 is 1.80 bits per heavy atom. The molecular formula is C17H35NO2. The van der Waals surface area contributed by atoms with Crippen LogP contribution in [0.2, 0.25) is 0 Å². The second-order valence-corrected chi connectivity index (χ2v) is 6.96. The van der Waals surface area contributed by atoms with E-state index in [4.69, 9.17) is 0 Å². The van der Waals surface area contributed by atoms with Crippen molar-refractivity contribution in [2.75, 3.05) is 6.54 Å². The molecule has 0 aliphatic heterocycles. The Morgan fingerprint density at radius 2 is 1.35 bits per heavy atom. The standard InChI is InChI=1S/C17H35NO2/c1-6-7-8-9-10-11-12-13-14-18-17(4,5)16(2,3)15(19)20/h18H,6-14H2,1-5H3,(H,19,20). The molecule has 0 saturated carbocycles. The van der Waals surface area contributed by atoms with Gasteiger partial charge in [0.25, 0.3) is 0 Å². The van der Waals surface area contributed by atoms with Gasteiger partial charge in [-0.3, -0.25) is 4.79 Å². The fraction of sp³-hybridized carbons (Fsp3) is 0.941. The first kappa shape index (κ1) is 19.4. The zero-order chi connectivity index (χ0) is 15.6. The highest BCUT2D eigenvalue weighted by Gasteiger charge is 2.42. The number of carboxylic acid groups (broad SMARTS) is 1. The number of hydrogen-bond donors (Lipinski definition) is 2. The maximum absolute atomic E-state index is 11.3. The lowest BCUT2D eigenvalue weighted by atomic mass is 9.74. The molecule has 0 aromatic heterocycles. The molecule has 20 heavy (non-hydrogen) atoms. The first-order chi connectivity index (χ1) is 9.25. The van der Waals surface area contributed by atoms with Crippen LogP contribution in [-0.2, 0) is 4.79 Å². The lowest BCUT2D eigenvalue weighted by Crippen LogP contribution is -2.55. The van der Waals surface area contributed by atoms with E-state index in [1.807, 2.05) is 13.8 Å². The number of hydrogen-bond acceptors (Lipinski definition) is 2. The average molecular weight is 285 g/mol. The molecule has 0 amide bonds. The second-order valence-electron chi connectivity index (χ2n) is 6.96. The third-order valence-corrected chi connectivity index (χ3v) is 4.69. The van der Waals surface area contributed by atoms with Gasteiger partial charge in [0.2, 0.25) is 0 Å². The van der Waals surface area contributed by atoms with E-state index < -0.39 is 11.4 Å². The SMILES string of the molecule is CCCCCCCCCCNC(C)(C)C(C)(C)C(=O)O. The van der Waals surface area contributed by atoms with Crippen molar-refractivity contribution < 1.29 is 9.90 Å². The van der Waals surface area contributed by atoms with Crippen LogP contribution in [0, 0.1) is 5.41 Å². The summed E-state index contributed by atoms with van der Waals surface area (Å²) in [5, 5.41) is 12.7. The third kappa shape index (κ3) is 6.74. The smallest absolute Gasteiger partial charge is 0.310 e. The summed E-state index contributed by atoms with van der Waals surface area (Å²) in [6.45, 7) is 10.7. The Balaban J connectivity index is 3.71. The summed E-state index contributed by atoms with van der Waals surface area (Å²) in [6.07, 6.45) is 10.4. The quantitative estimate of drug-likeness (QED) is 0.515. The molecule has 0 aromatic carbocycles. The van der Waals surface area contributed by atoms with Crippen LogP contribution in [0.25, 0.3) is 0 Å². The number of unbranched alkanes of at least 4 members (excludes halogenated alkanes) is 7. The molecule has 0 rings (SSSR count). The Morgan fingerprint density at radius 1 is 0.900 bits per heavy atom. The van der Waals surface area contributed by atoms with E-state index in [-0.39, 0.29) is 5.54 Å². The molecule has 3 heteroatoms. The van der Waals surface area contributed by atoms with Crippen LogP contribution in [0.5, 0.6) is 0 Å². The predicted octanol–water partition coefficient (Wildman–Crippen LogP) is 4.61. The Bertz CT molecular complexity index is 272. The van der Waals surface area contributed by atoms with E-state index in [1.54, 1.807) is 13.8 Å². The van der Waals surface area contributed by atoms with Crippen molar-refractivity contribution in [3.8, 4) is 0 Å².